The predicted molar refractivity (Wildman–Crippen MR) is 92.9 cm³/mol. The molecule has 3 rings (SSSR count). The lowest BCUT2D eigenvalue weighted by molar-refractivity contribution is -0.123. The molecule has 2 heterocycles. The van der Waals surface area contributed by atoms with Crippen molar-refractivity contribution >= 4 is 35.2 Å². The Morgan fingerprint density at radius 1 is 1.13 bits per heavy atom. The van der Waals surface area contributed by atoms with Gasteiger partial charge in [0.05, 0.1) is 0 Å². The molecule has 6 heteroatoms. The number of carbonyl (C=O) groups excluding carboxylic acids is 2. The summed E-state index contributed by atoms with van der Waals surface area (Å²) >= 11 is 4.82. The minimum absolute atomic E-state index is 0.0600. The highest BCUT2D eigenvalue weighted by Crippen LogP contribution is 2.32. The van der Waals surface area contributed by atoms with E-state index in [-0.39, 0.29) is 10.7 Å². The summed E-state index contributed by atoms with van der Waals surface area (Å²) in [5.74, 6) is -0.887. The van der Waals surface area contributed by atoms with Crippen molar-refractivity contribution in [2.24, 2.45) is 0 Å². The van der Waals surface area contributed by atoms with Crippen LogP contribution in [0.1, 0.15) is 55.1 Å². The number of hydrogen-bond acceptors (Lipinski definition) is 3. The number of rotatable bonds is 2. The van der Waals surface area contributed by atoms with Crippen molar-refractivity contribution < 1.29 is 9.59 Å². The Hall–Kier alpha value is -1.95. The summed E-state index contributed by atoms with van der Waals surface area (Å²) in [4.78, 5) is 24.0. The number of nitrogens with zero attached hydrogens (tertiary/aromatic N) is 1. The maximum atomic E-state index is 12.0. The molecule has 1 aliphatic heterocycles. The number of thiocarbonyl (C=S) groups is 1. The molecule has 0 aromatic carbocycles. The SMILES string of the molecule is Cc1cc(C=C2C(=O)NC(=S)NC2=O)c(C)n1C1CCCCC1. The quantitative estimate of drug-likeness (QED) is 0.497. The summed E-state index contributed by atoms with van der Waals surface area (Å²) in [5, 5.41) is 5.00. The van der Waals surface area contributed by atoms with E-state index in [1.807, 2.05) is 6.07 Å². The second-order valence-electron chi connectivity index (χ2n) is 6.28. The van der Waals surface area contributed by atoms with Gasteiger partial charge in [-0.15, -0.1) is 0 Å². The van der Waals surface area contributed by atoms with E-state index in [1.165, 1.54) is 37.8 Å². The first-order valence-corrected chi connectivity index (χ1v) is 8.45. The van der Waals surface area contributed by atoms with Crippen LogP contribution >= 0.6 is 12.2 Å². The van der Waals surface area contributed by atoms with Crippen molar-refractivity contribution in [2.45, 2.75) is 52.0 Å². The second-order valence-corrected chi connectivity index (χ2v) is 6.69. The Balaban J connectivity index is 1.95. The van der Waals surface area contributed by atoms with Crippen molar-refractivity contribution in [3.05, 3.63) is 28.6 Å². The van der Waals surface area contributed by atoms with Gasteiger partial charge in [0.15, 0.2) is 5.11 Å². The smallest absolute Gasteiger partial charge is 0.263 e. The monoisotopic (exact) mass is 331 g/mol. The van der Waals surface area contributed by atoms with Crippen LogP contribution in [0.3, 0.4) is 0 Å². The largest absolute Gasteiger partial charge is 0.346 e. The van der Waals surface area contributed by atoms with Crippen LogP contribution in [0.5, 0.6) is 0 Å². The van der Waals surface area contributed by atoms with Gasteiger partial charge in [-0.3, -0.25) is 20.2 Å². The molecule has 122 valence electrons. The molecule has 2 aliphatic rings. The van der Waals surface area contributed by atoms with E-state index in [1.54, 1.807) is 6.08 Å². The van der Waals surface area contributed by atoms with Gasteiger partial charge < -0.3 is 4.57 Å². The molecule has 2 amide bonds. The third kappa shape index (κ3) is 3.08. The average molecular weight is 331 g/mol. The van der Waals surface area contributed by atoms with Crippen molar-refractivity contribution in [1.29, 1.82) is 0 Å². The average Bonchev–Trinajstić information content (AvgIpc) is 2.78. The maximum Gasteiger partial charge on any atom is 0.263 e. The van der Waals surface area contributed by atoms with E-state index >= 15 is 0 Å². The molecule has 0 radical (unpaired) electrons. The lowest BCUT2D eigenvalue weighted by Gasteiger charge is -2.26. The number of hydrogen-bond donors (Lipinski definition) is 2. The molecule has 23 heavy (non-hydrogen) atoms. The molecule has 0 atom stereocenters. The van der Waals surface area contributed by atoms with E-state index in [4.69, 9.17) is 12.2 Å². The molecule has 0 spiro atoms. The maximum absolute atomic E-state index is 12.0. The highest BCUT2D eigenvalue weighted by atomic mass is 32.1. The fourth-order valence-electron chi connectivity index (χ4n) is 3.61. The van der Waals surface area contributed by atoms with Crippen molar-refractivity contribution in [1.82, 2.24) is 15.2 Å². The molecule has 2 N–H and O–H groups in total. The van der Waals surface area contributed by atoms with Crippen molar-refractivity contribution in [2.75, 3.05) is 0 Å². The highest BCUT2D eigenvalue weighted by Gasteiger charge is 2.27. The predicted octanol–water partition coefficient (Wildman–Crippen LogP) is 2.52. The van der Waals surface area contributed by atoms with Crippen LogP contribution in [0.25, 0.3) is 6.08 Å². The molecular formula is C17H21N3O2S. The minimum Gasteiger partial charge on any atom is -0.346 e. The molecule has 5 nitrogen and oxygen atoms in total. The van der Waals surface area contributed by atoms with Crippen LogP contribution in [0.2, 0.25) is 0 Å². The van der Waals surface area contributed by atoms with Crippen LogP contribution in [0.15, 0.2) is 11.6 Å². The molecule has 0 bridgehead atoms. The molecule has 0 unspecified atom stereocenters. The van der Waals surface area contributed by atoms with Gasteiger partial charge in [0.25, 0.3) is 11.8 Å². The number of aryl methyl sites for hydroxylation is 1. The molecule has 1 aromatic heterocycles. The standard InChI is InChI=1S/C17H21N3O2S/c1-10-8-12(9-14-15(21)18-17(23)19-16(14)22)11(2)20(10)13-6-4-3-5-7-13/h8-9,13H,3-7H2,1-2H3,(H2,18,19,21,22,23). The summed E-state index contributed by atoms with van der Waals surface area (Å²) in [6.45, 7) is 4.14. The molecule has 1 aromatic rings. The first-order valence-electron chi connectivity index (χ1n) is 8.04. The molecular weight excluding hydrogens is 310 g/mol. The highest BCUT2D eigenvalue weighted by molar-refractivity contribution is 7.80. The number of aromatic nitrogens is 1. The fourth-order valence-corrected chi connectivity index (χ4v) is 3.80. The fraction of sp³-hybridized carbons (Fsp3) is 0.471. The lowest BCUT2D eigenvalue weighted by Crippen LogP contribution is -2.51. The van der Waals surface area contributed by atoms with Crippen LogP contribution < -0.4 is 10.6 Å². The number of amides is 2. The van der Waals surface area contributed by atoms with E-state index in [0.717, 1.165) is 11.3 Å². The van der Waals surface area contributed by atoms with E-state index in [2.05, 4.69) is 29.0 Å². The summed E-state index contributed by atoms with van der Waals surface area (Å²) in [6.07, 6.45) is 7.89. The summed E-state index contributed by atoms with van der Waals surface area (Å²) < 4.78 is 2.36. The number of carbonyl (C=O) groups is 2. The van der Waals surface area contributed by atoms with Gasteiger partial charge in [-0.05, 0) is 56.6 Å². The zero-order valence-corrected chi connectivity index (χ0v) is 14.3. The first kappa shape index (κ1) is 15.9. The zero-order chi connectivity index (χ0) is 16.6. The third-order valence-electron chi connectivity index (χ3n) is 4.71. The first-order chi connectivity index (χ1) is 11.0. The normalized spacial score (nSPS) is 19.6. The van der Waals surface area contributed by atoms with Crippen LogP contribution in [0.4, 0.5) is 0 Å². The minimum atomic E-state index is -0.443. The Bertz CT molecular complexity index is 690. The Labute approximate surface area is 141 Å². The number of nitrogens with one attached hydrogen (secondary N) is 2. The molecule has 1 aliphatic carbocycles. The van der Waals surface area contributed by atoms with E-state index in [9.17, 15) is 9.59 Å². The second kappa shape index (κ2) is 6.28. The Morgan fingerprint density at radius 3 is 2.35 bits per heavy atom. The van der Waals surface area contributed by atoms with Crippen molar-refractivity contribution in [3.63, 3.8) is 0 Å². The molecule has 2 fully saturated rings. The summed E-state index contributed by atoms with van der Waals surface area (Å²) in [7, 11) is 0. The van der Waals surface area contributed by atoms with Crippen molar-refractivity contribution in [3.8, 4) is 0 Å². The van der Waals surface area contributed by atoms with Crippen LogP contribution in [-0.2, 0) is 9.59 Å². The van der Waals surface area contributed by atoms with Crippen LogP contribution in [0, 0.1) is 13.8 Å². The zero-order valence-electron chi connectivity index (χ0n) is 13.4. The van der Waals surface area contributed by atoms with Gasteiger partial charge >= 0.3 is 0 Å². The van der Waals surface area contributed by atoms with Gasteiger partial charge in [-0.2, -0.15) is 0 Å². The topological polar surface area (TPSA) is 63.1 Å². The van der Waals surface area contributed by atoms with Gasteiger partial charge in [0.2, 0.25) is 0 Å². The summed E-state index contributed by atoms with van der Waals surface area (Å²) in [6, 6.07) is 2.57. The van der Waals surface area contributed by atoms with Gasteiger partial charge in [0, 0.05) is 17.4 Å². The summed E-state index contributed by atoms with van der Waals surface area (Å²) in [5.41, 5.74) is 3.30. The van der Waals surface area contributed by atoms with Gasteiger partial charge in [-0.25, -0.2) is 0 Å². The lowest BCUT2D eigenvalue weighted by atomic mass is 9.95. The Kier molecular flexibility index (Phi) is 4.35. The molecule has 1 saturated heterocycles. The van der Waals surface area contributed by atoms with Gasteiger partial charge in [0.1, 0.15) is 5.57 Å². The van der Waals surface area contributed by atoms with E-state index < -0.39 is 11.8 Å². The van der Waals surface area contributed by atoms with Crippen LogP contribution in [-0.4, -0.2) is 21.5 Å². The Morgan fingerprint density at radius 2 is 1.74 bits per heavy atom. The molecule has 1 saturated carbocycles. The van der Waals surface area contributed by atoms with E-state index in [0.29, 0.717) is 6.04 Å². The van der Waals surface area contributed by atoms with Gasteiger partial charge in [-0.1, -0.05) is 19.3 Å². The third-order valence-corrected chi connectivity index (χ3v) is 4.91.